The van der Waals surface area contributed by atoms with Crippen molar-refractivity contribution < 1.29 is 4.79 Å². The van der Waals surface area contributed by atoms with Crippen LogP contribution in [0.3, 0.4) is 0 Å². The molecule has 3 rings (SSSR count). The van der Waals surface area contributed by atoms with E-state index < -0.39 is 0 Å². The van der Waals surface area contributed by atoms with Crippen LogP contribution in [0.2, 0.25) is 5.02 Å². The molecule has 0 unspecified atom stereocenters. The SMILES string of the molecule is CC(C)C(=O)N1CCN(c2ccnc(-c3ccccc3Cl)n2)CC1. The minimum absolute atomic E-state index is 0.0439. The van der Waals surface area contributed by atoms with Gasteiger partial charge in [-0.05, 0) is 18.2 Å². The molecule has 24 heavy (non-hydrogen) atoms. The van der Waals surface area contributed by atoms with E-state index in [-0.39, 0.29) is 11.8 Å². The van der Waals surface area contributed by atoms with Crippen molar-refractivity contribution in [1.29, 1.82) is 0 Å². The molecule has 1 aromatic carbocycles. The number of benzene rings is 1. The fourth-order valence-corrected chi connectivity index (χ4v) is 3.04. The van der Waals surface area contributed by atoms with Crippen LogP contribution in [0.25, 0.3) is 11.4 Å². The molecule has 1 amide bonds. The molecule has 0 N–H and O–H groups in total. The highest BCUT2D eigenvalue weighted by Gasteiger charge is 2.23. The molecule has 5 nitrogen and oxygen atoms in total. The van der Waals surface area contributed by atoms with Crippen molar-refractivity contribution >= 4 is 23.3 Å². The summed E-state index contributed by atoms with van der Waals surface area (Å²) in [6, 6.07) is 9.47. The summed E-state index contributed by atoms with van der Waals surface area (Å²) in [5.74, 6) is 1.76. The number of carbonyl (C=O) groups excluding carboxylic acids is 1. The van der Waals surface area contributed by atoms with Crippen LogP contribution in [0.4, 0.5) is 5.82 Å². The minimum Gasteiger partial charge on any atom is -0.353 e. The number of aromatic nitrogens is 2. The van der Waals surface area contributed by atoms with E-state index in [0.717, 1.165) is 37.6 Å². The smallest absolute Gasteiger partial charge is 0.225 e. The third-order valence-corrected chi connectivity index (χ3v) is 4.49. The molecule has 6 heteroatoms. The van der Waals surface area contributed by atoms with Crippen molar-refractivity contribution in [3.05, 3.63) is 41.6 Å². The normalized spacial score (nSPS) is 15.0. The van der Waals surface area contributed by atoms with Crippen molar-refractivity contribution in [2.45, 2.75) is 13.8 Å². The number of anilines is 1. The van der Waals surface area contributed by atoms with Crippen LogP contribution in [0, 0.1) is 5.92 Å². The average Bonchev–Trinajstić information content (AvgIpc) is 2.61. The summed E-state index contributed by atoms with van der Waals surface area (Å²) in [4.78, 5) is 25.2. The molecule has 0 aliphatic carbocycles. The largest absolute Gasteiger partial charge is 0.353 e. The van der Waals surface area contributed by atoms with Gasteiger partial charge in [0.2, 0.25) is 5.91 Å². The first-order valence-corrected chi connectivity index (χ1v) is 8.55. The van der Waals surface area contributed by atoms with Gasteiger partial charge in [-0.2, -0.15) is 0 Å². The zero-order valence-corrected chi connectivity index (χ0v) is 14.7. The highest BCUT2D eigenvalue weighted by molar-refractivity contribution is 6.33. The Morgan fingerprint density at radius 2 is 1.83 bits per heavy atom. The van der Waals surface area contributed by atoms with E-state index in [0.29, 0.717) is 10.8 Å². The molecule has 1 saturated heterocycles. The monoisotopic (exact) mass is 344 g/mol. The topological polar surface area (TPSA) is 49.3 Å². The van der Waals surface area contributed by atoms with Gasteiger partial charge in [0.15, 0.2) is 5.82 Å². The molecule has 1 aliphatic rings. The fraction of sp³-hybridized carbons (Fsp3) is 0.389. The van der Waals surface area contributed by atoms with E-state index in [1.807, 2.05) is 49.1 Å². The lowest BCUT2D eigenvalue weighted by Crippen LogP contribution is -2.50. The van der Waals surface area contributed by atoms with E-state index in [1.165, 1.54) is 0 Å². The van der Waals surface area contributed by atoms with Crippen LogP contribution in [-0.2, 0) is 4.79 Å². The Balaban J connectivity index is 1.74. The van der Waals surface area contributed by atoms with Crippen LogP contribution < -0.4 is 4.90 Å². The lowest BCUT2D eigenvalue weighted by Gasteiger charge is -2.36. The summed E-state index contributed by atoms with van der Waals surface area (Å²) in [6.07, 6.45) is 1.76. The zero-order chi connectivity index (χ0) is 17.1. The predicted molar refractivity (Wildman–Crippen MR) is 96.1 cm³/mol. The first kappa shape index (κ1) is 16.7. The Morgan fingerprint density at radius 3 is 2.50 bits per heavy atom. The predicted octanol–water partition coefficient (Wildman–Crippen LogP) is 3.10. The highest BCUT2D eigenvalue weighted by atomic mass is 35.5. The van der Waals surface area contributed by atoms with E-state index in [9.17, 15) is 4.79 Å². The van der Waals surface area contributed by atoms with Crippen LogP contribution in [-0.4, -0.2) is 47.0 Å². The van der Waals surface area contributed by atoms with Crippen molar-refractivity contribution in [2.75, 3.05) is 31.1 Å². The van der Waals surface area contributed by atoms with Gasteiger partial charge in [-0.3, -0.25) is 4.79 Å². The number of hydrogen-bond acceptors (Lipinski definition) is 4. The zero-order valence-electron chi connectivity index (χ0n) is 13.9. The van der Waals surface area contributed by atoms with Gasteiger partial charge in [0.25, 0.3) is 0 Å². The van der Waals surface area contributed by atoms with Crippen LogP contribution in [0.15, 0.2) is 36.5 Å². The molecule has 126 valence electrons. The van der Waals surface area contributed by atoms with Gasteiger partial charge in [0.1, 0.15) is 5.82 Å². The van der Waals surface area contributed by atoms with Crippen LogP contribution in [0.5, 0.6) is 0 Å². The number of halogens is 1. The van der Waals surface area contributed by atoms with Crippen molar-refractivity contribution in [3.8, 4) is 11.4 Å². The molecule has 1 aliphatic heterocycles. The van der Waals surface area contributed by atoms with Crippen molar-refractivity contribution in [3.63, 3.8) is 0 Å². The van der Waals surface area contributed by atoms with Gasteiger partial charge < -0.3 is 9.80 Å². The summed E-state index contributed by atoms with van der Waals surface area (Å²) in [5, 5.41) is 0.641. The third-order valence-electron chi connectivity index (χ3n) is 4.16. The molecule has 0 radical (unpaired) electrons. The van der Waals surface area contributed by atoms with E-state index >= 15 is 0 Å². The Hall–Kier alpha value is -2.14. The number of carbonyl (C=O) groups is 1. The van der Waals surface area contributed by atoms with Crippen molar-refractivity contribution in [2.24, 2.45) is 5.92 Å². The fourth-order valence-electron chi connectivity index (χ4n) is 2.82. The van der Waals surface area contributed by atoms with E-state index in [1.54, 1.807) is 6.20 Å². The Labute approximate surface area is 147 Å². The maximum absolute atomic E-state index is 12.1. The second-order valence-electron chi connectivity index (χ2n) is 6.19. The van der Waals surface area contributed by atoms with Gasteiger partial charge in [0.05, 0.1) is 5.02 Å². The van der Waals surface area contributed by atoms with Crippen LogP contribution in [0.1, 0.15) is 13.8 Å². The second kappa shape index (κ2) is 7.18. The summed E-state index contributed by atoms with van der Waals surface area (Å²) >= 11 is 6.24. The van der Waals surface area contributed by atoms with Gasteiger partial charge in [0, 0.05) is 43.9 Å². The van der Waals surface area contributed by atoms with Gasteiger partial charge in [-0.25, -0.2) is 9.97 Å². The minimum atomic E-state index is 0.0439. The maximum Gasteiger partial charge on any atom is 0.225 e. The molecule has 0 spiro atoms. The van der Waals surface area contributed by atoms with Gasteiger partial charge >= 0.3 is 0 Å². The summed E-state index contributed by atoms with van der Waals surface area (Å²) in [7, 11) is 0. The third kappa shape index (κ3) is 3.51. The Kier molecular flexibility index (Phi) is 5.00. The summed E-state index contributed by atoms with van der Waals surface area (Å²) in [5.41, 5.74) is 0.828. The number of nitrogens with zero attached hydrogens (tertiary/aromatic N) is 4. The van der Waals surface area contributed by atoms with E-state index in [2.05, 4.69) is 14.9 Å². The van der Waals surface area contributed by atoms with Gasteiger partial charge in [-0.1, -0.05) is 37.6 Å². The Bertz CT molecular complexity index is 726. The first-order chi connectivity index (χ1) is 11.6. The molecule has 1 fully saturated rings. The molecule has 0 bridgehead atoms. The molecule has 1 aromatic heterocycles. The lowest BCUT2D eigenvalue weighted by atomic mass is 10.1. The maximum atomic E-state index is 12.1. The molecule has 2 heterocycles. The summed E-state index contributed by atoms with van der Waals surface area (Å²) in [6.45, 7) is 6.88. The Morgan fingerprint density at radius 1 is 1.12 bits per heavy atom. The first-order valence-electron chi connectivity index (χ1n) is 8.18. The number of hydrogen-bond donors (Lipinski definition) is 0. The van der Waals surface area contributed by atoms with E-state index in [4.69, 9.17) is 11.6 Å². The number of piperazine rings is 1. The van der Waals surface area contributed by atoms with Gasteiger partial charge in [-0.15, -0.1) is 0 Å². The van der Waals surface area contributed by atoms with Crippen molar-refractivity contribution in [1.82, 2.24) is 14.9 Å². The van der Waals surface area contributed by atoms with Crippen LogP contribution >= 0.6 is 11.6 Å². The molecular formula is C18H21ClN4O. The lowest BCUT2D eigenvalue weighted by molar-refractivity contribution is -0.134. The molecule has 2 aromatic rings. The molecular weight excluding hydrogens is 324 g/mol. The summed E-state index contributed by atoms with van der Waals surface area (Å²) < 4.78 is 0. The average molecular weight is 345 g/mol. The quantitative estimate of drug-likeness (QED) is 0.858. The molecule has 0 saturated carbocycles. The number of rotatable bonds is 3. The molecule has 0 atom stereocenters. The number of amides is 1. The second-order valence-corrected chi connectivity index (χ2v) is 6.59. The highest BCUT2D eigenvalue weighted by Crippen LogP contribution is 2.26. The standard InChI is InChI=1S/C18H21ClN4O/c1-13(2)18(24)23-11-9-22(10-12-23)16-7-8-20-17(21-16)14-5-3-4-6-15(14)19/h3-8,13H,9-12H2,1-2H3.